The summed E-state index contributed by atoms with van der Waals surface area (Å²) in [7, 11) is -4.14. The Kier molecular flexibility index (Phi) is 24.5. The molecule has 180 valence electrons. The number of carboxylic acid groups (broad SMARTS) is 1. The van der Waals surface area contributed by atoms with E-state index >= 15 is 0 Å². The topological polar surface area (TPSA) is 110 Å². The van der Waals surface area contributed by atoms with Gasteiger partial charge < -0.3 is 6.53 Å². The van der Waals surface area contributed by atoms with Gasteiger partial charge in [0.05, 0.1) is 13.0 Å². The molecule has 0 aliphatic heterocycles. The molecule has 0 fully saturated rings. The first-order valence-corrected chi connectivity index (χ1v) is 13.2. The van der Waals surface area contributed by atoms with Crippen LogP contribution in [0.15, 0.2) is 0 Å². The number of carbonyl (C=O) groups excluding carboxylic acids is 1. The quantitative estimate of drug-likeness (QED) is 0.185. The number of carboxylic acids is 1. The van der Waals surface area contributed by atoms with E-state index in [1.165, 1.54) is 77.0 Å². The molecule has 0 spiro atoms. The summed E-state index contributed by atoms with van der Waals surface area (Å²) in [6.07, 6.45) is 19.0. The predicted octanol–water partition coefficient (Wildman–Crippen LogP) is 2.61. The van der Waals surface area contributed by atoms with E-state index in [9.17, 15) is 18.0 Å². The van der Waals surface area contributed by atoms with Crippen molar-refractivity contribution >= 4 is 22.2 Å². The molecule has 0 saturated carbocycles. The molecule has 0 aromatic heterocycles. The van der Waals surface area contributed by atoms with Gasteiger partial charge in [-0.1, -0.05) is 103 Å². The van der Waals surface area contributed by atoms with Crippen molar-refractivity contribution in [1.82, 2.24) is 4.72 Å². The molecule has 9 heteroatoms. The fraction of sp³-hybridized carbons (Fsp3) is 0.909. The standard InChI is InChI=1S/C22H43NO6S.Na.H/c1-2-3-4-5-6-7-8-9-10-11-12-13-14-15-16-17-20-29-30(27,28)23-21(24)18-19-22(25)26;;/h2-20H2,1H3,(H,23,24)(H,25,26);;/q;+1;-1. The number of aliphatic carboxylic acids is 1. The van der Waals surface area contributed by atoms with E-state index in [0.717, 1.165) is 19.3 Å². The van der Waals surface area contributed by atoms with E-state index in [-0.39, 0.29) is 37.6 Å². The molecule has 1 amide bonds. The van der Waals surface area contributed by atoms with E-state index in [1.54, 1.807) is 4.72 Å². The molecule has 0 unspecified atom stereocenters. The van der Waals surface area contributed by atoms with Crippen molar-refractivity contribution in [2.24, 2.45) is 0 Å². The SMILES string of the molecule is CCCCCCCCCCCCCCCCCCOS(=O)(=O)NC(=O)CCC(=O)O.[H-].[Na+]. The molecule has 31 heavy (non-hydrogen) atoms. The smallest absolute Gasteiger partial charge is 1.00 e. The van der Waals surface area contributed by atoms with Crippen LogP contribution in [0.5, 0.6) is 0 Å². The minimum absolute atomic E-state index is 0. The molecule has 7 nitrogen and oxygen atoms in total. The fourth-order valence-corrected chi connectivity index (χ4v) is 4.04. The van der Waals surface area contributed by atoms with Crippen LogP contribution in [-0.2, 0) is 24.1 Å². The van der Waals surface area contributed by atoms with Crippen LogP contribution in [0.3, 0.4) is 0 Å². The zero-order chi connectivity index (χ0) is 22.5. The summed E-state index contributed by atoms with van der Waals surface area (Å²) in [4.78, 5) is 21.7. The van der Waals surface area contributed by atoms with Crippen LogP contribution >= 0.6 is 0 Å². The molecule has 0 atom stereocenters. The Morgan fingerprint density at radius 1 is 0.742 bits per heavy atom. The molecule has 0 aromatic rings. The molecule has 0 rings (SSSR count). The van der Waals surface area contributed by atoms with Gasteiger partial charge in [-0.3, -0.25) is 13.8 Å². The van der Waals surface area contributed by atoms with Crippen LogP contribution < -0.4 is 34.3 Å². The Bertz CT molecular complexity index is 549. The maximum absolute atomic E-state index is 11.5. The third kappa shape index (κ3) is 26.0. The van der Waals surface area contributed by atoms with Crippen molar-refractivity contribution < 1.29 is 58.3 Å². The summed E-state index contributed by atoms with van der Waals surface area (Å²) in [5.41, 5.74) is 0. The van der Waals surface area contributed by atoms with Gasteiger partial charge >= 0.3 is 45.8 Å². The van der Waals surface area contributed by atoms with Crippen LogP contribution in [0.25, 0.3) is 0 Å². The minimum atomic E-state index is -4.14. The van der Waals surface area contributed by atoms with E-state index in [4.69, 9.17) is 9.29 Å². The van der Waals surface area contributed by atoms with E-state index in [2.05, 4.69) is 6.92 Å². The van der Waals surface area contributed by atoms with Crippen molar-refractivity contribution in [3.05, 3.63) is 0 Å². The molecule has 0 radical (unpaired) electrons. The molecule has 0 bridgehead atoms. The van der Waals surface area contributed by atoms with E-state index in [1.807, 2.05) is 0 Å². The van der Waals surface area contributed by atoms with Crippen LogP contribution in [0.1, 0.15) is 124 Å². The Hall–Kier alpha value is -0.150. The summed E-state index contributed by atoms with van der Waals surface area (Å²) >= 11 is 0. The van der Waals surface area contributed by atoms with Gasteiger partial charge in [-0.05, 0) is 6.42 Å². The second-order valence-corrected chi connectivity index (χ2v) is 9.35. The van der Waals surface area contributed by atoms with Crippen LogP contribution in [0, 0.1) is 0 Å². The fourth-order valence-electron chi connectivity index (χ4n) is 3.26. The number of rotatable bonds is 22. The first-order chi connectivity index (χ1) is 14.4. The van der Waals surface area contributed by atoms with Crippen molar-refractivity contribution in [3.63, 3.8) is 0 Å². The molecule has 0 heterocycles. The second kappa shape index (κ2) is 23.0. The van der Waals surface area contributed by atoms with Crippen LogP contribution in [0.4, 0.5) is 0 Å². The van der Waals surface area contributed by atoms with E-state index < -0.39 is 35.0 Å². The number of carbonyl (C=O) groups is 2. The molecule has 2 N–H and O–H groups in total. The van der Waals surface area contributed by atoms with Gasteiger partial charge in [0, 0.05) is 6.42 Å². The Morgan fingerprint density at radius 3 is 1.52 bits per heavy atom. The van der Waals surface area contributed by atoms with Gasteiger partial charge in [-0.15, -0.1) is 0 Å². The normalized spacial score (nSPS) is 11.1. The summed E-state index contributed by atoms with van der Waals surface area (Å²) in [6.45, 7) is 2.28. The molecular formula is C22H44NNaO6S. The minimum Gasteiger partial charge on any atom is -1.00 e. The van der Waals surface area contributed by atoms with Gasteiger partial charge in [0.15, 0.2) is 0 Å². The van der Waals surface area contributed by atoms with Crippen molar-refractivity contribution in [2.75, 3.05) is 6.61 Å². The number of hydrogen-bond acceptors (Lipinski definition) is 5. The maximum Gasteiger partial charge on any atom is 1.00 e. The average molecular weight is 474 g/mol. The van der Waals surface area contributed by atoms with Gasteiger partial charge in [-0.25, -0.2) is 4.72 Å². The molecule has 0 aliphatic rings. The maximum atomic E-state index is 11.5. The van der Waals surface area contributed by atoms with Gasteiger partial charge in [0.2, 0.25) is 5.91 Å². The predicted molar refractivity (Wildman–Crippen MR) is 121 cm³/mol. The summed E-state index contributed by atoms with van der Waals surface area (Å²) < 4.78 is 29.5. The zero-order valence-corrected chi connectivity index (χ0v) is 22.6. The Labute approximate surface area is 213 Å². The van der Waals surface area contributed by atoms with Gasteiger partial charge in [0.25, 0.3) is 0 Å². The average Bonchev–Trinajstić information content (AvgIpc) is 2.68. The first kappa shape index (κ1) is 33.0. The van der Waals surface area contributed by atoms with Crippen molar-refractivity contribution in [1.29, 1.82) is 0 Å². The Balaban J connectivity index is -0.00000420. The van der Waals surface area contributed by atoms with Gasteiger partial charge in [-0.2, -0.15) is 8.42 Å². The number of nitrogens with one attached hydrogen (secondary N) is 1. The van der Waals surface area contributed by atoms with Gasteiger partial charge in [0.1, 0.15) is 0 Å². The molecule has 0 saturated heterocycles. The molecule has 0 aliphatic carbocycles. The number of hydrogen-bond donors (Lipinski definition) is 2. The second-order valence-electron chi connectivity index (χ2n) is 8.00. The summed E-state index contributed by atoms with van der Waals surface area (Å²) in [6, 6.07) is 0. The number of amides is 1. The zero-order valence-electron chi connectivity index (χ0n) is 20.8. The van der Waals surface area contributed by atoms with Crippen LogP contribution in [-0.4, -0.2) is 32.0 Å². The Morgan fingerprint density at radius 2 is 1.13 bits per heavy atom. The third-order valence-corrected chi connectivity index (χ3v) is 6.00. The molecular weight excluding hydrogens is 429 g/mol. The summed E-state index contributed by atoms with van der Waals surface area (Å²) in [5.74, 6) is -2.03. The van der Waals surface area contributed by atoms with Crippen molar-refractivity contribution in [3.8, 4) is 0 Å². The number of unbranched alkanes of at least 4 members (excludes halogenated alkanes) is 15. The molecule has 0 aromatic carbocycles. The summed E-state index contributed by atoms with van der Waals surface area (Å²) in [5, 5.41) is 8.47. The van der Waals surface area contributed by atoms with Crippen LogP contribution in [0.2, 0.25) is 0 Å². The third-order valence-electron chi connectivity index (χ3n) is 5.04. The van der Waals surface area contributed by atoms with Crippen molar-refractivity contribution in [2.45, 2.75) is 122 Å². The first-order valence-electron chi connectivity index (χ1n) is 11.8. The monoisotopic (exact) mass is 473 g/mol. The largest absolute Gasteiger partial charge is 1.00 e. The van der Waals surface area contributed by atoms with E-state index in [0.29, 0.717) is 6.42 Å².